The Labute approximate surface area is 198 Å². The Bertz CT molecular complexity index is 903. The standard InChI is InChI=1S/C22H29Cl2N5O3/c23-17-4-5-18(19(24)13-17)21-26-20(32-27-21)15-29-7-1-3-16(14-29)22(30)25-6-2-8-28-9-11-31-12-10-28/h4-5,13,16H,1-3,6-12,14-15H2,(H,25,30). The lowest BCUT2D eigenvalue weighted by Crippen LogP contribution is -2.43. The minimum Gasteiger partial charge on any atom is -0.379 e. The summed E-state index contributed by atoms with van der Waals surface area (Å²) < 4.78 is 10.8. The third kappa shape index (κ3) is 6.42. The zero-order valence-corrected chi connectivity index (χ0v) is 19.6. The number of hydrogen-bond donors (Lipinski definition) is 1. The summed E-state index contributed by atoms with van der Waals surface area (Å²) in [6, 6.07) is 5.18. The molecule has 1 atom stereocenters. The summed E-state index contributed by atoms with van der Waals surface area (Å²) in [5.74, 6) is 1.07. The SMILES string of the molecule is O=C(NCCCN1CCOCC1)C1CCCN(Cc2nc(-c3ccc(Cl)cc3Cl)no2)C1. The van der Waals surface area contributed by atoms with Crippen molar-refractivity contribution < 1.29 is 14.1 Å². The summed E-state index contributed by atoms with van der Waals surface area (Å²) >= 11 is 12.2. The lowest BCUT2D eigenvalue weighted by atomic mass is 9.97. The molecule has 8 nitrogen and oxygen atoms in total. The van der Waals surface area contributed by atoms with E-state index in [-0.39, 0.29) is 11.8 Å². The number of rotatable bonds is 8. The zero-order chi connectivity index (χ0) is 22.3. The number of ether oxygens (including phenoxy) is 1. The smallest absolute Gasteiger partial charge is 0.241 e. The van der Waals surface area contributed by atoms with Gasteiger partial charge in [-0.1, -0.05) is 28.4 Å². The fraction of sp³-hybridized carbons (Fsp3) is 0.591. The minimum atomic E-state index is -0.0137. The van der Waals surface area contributed by atoms with Crippen LogP contribution in [0, 0.1) is 5.92 Å². The van der Waals surface area contributed by atoms with E-state index < -0.39 is 0 Å². The van der Waals surface area contributed by atoms with Gasteiger partial charge in [-0.2, -0.15) is 4.98 Å². The monoisotopic (exact) mass is 481 g/mol. The number of amides is 1. The normalized spacial score (nSPS) is 20.4. The van der Waals surface area contributed by atoms with Gasteiger partial charge in [0.1, 0.15) is 0 Å². The van der Waals surface area contributed by atoms with Gasteiger partial charge in [0.05, 0.1) is 30.7 Å². The molecule has 0 bridgehead atoms. The van der Waals surface area contributed by atoms with Gasteiger partial charge in [0.2, 0.25) is 17.6 Å². The fourth-order valence-corrected chi connectivity index (χ4v) is 4.68. The first-order chi connectivity index (χ1) is 15.6. The number of hydrogen-bond acceptors (Lipinski definition) is 7. The molecule has 1 amide bonds. The van der Waals surface area contributed by atoms with Crippen molar-refractivity contribution in [3.05, 3.63) is 34.1 Å². The lowest BCUT2D eigenvalue weighted by molar-refractivity contribution is -0.126. The van der Waals surface area contributed by atoms with E-state index in [0.29, 0.717) is 47.0 Å². The second kappa shape index (κ2) is 11.4. The molecular weight excluding hydrogens is 453 g/mol. The molecule has 0 radical (unpaired) electrons. The summed E-state index contributed by atoms with van der Waals surface area (Å²) in [6.07, 6.45) is 2.83. The van der Waals surface area contributed by atoms with Crippen molar-refractivity contribution in [3.8, 4) is 11.4 Å². The maximum absolute atomic E-state index is 12.7. The molecule has 0 saturated carbocycles. The minimum absolute atomic E-state index is 0.0137. The Morgan fingerprint density at radius 2 is 2.03 bits per heavy atom. The number of morpholine rings is 1. The molecule has 174 valence electrons. The number of carbonyl (C=O) groups is 1. The largest absolute Gasteiger partial charge is 0.379 e. The summed E-state index contributed by atoms with van der Waals surface area (Å²) in [6.45, 7) is 7.38. The van der Waals surface area contributed by atoms with Crippen LogP contribution in [0.2, 0.25) is 10.0 Å². The predicted molar refractivity (Wildman–Crippen MR) is 123 cm³/mol. The van der Waals surface area contributed by atoms with E-state index in [1.54, 1.807) is 18.2 Å². The second-order valence-corrected chi connectivity index (χ2v) is 9.15. The maximum atomic E-state index is 12.7. The number of halogens is 2. The van der Waals surface area contributed by atoms with Gasteiger partial charge >= 0.3 is 0 Å². The molecule has 0 spiro atoms. The summed E-state index contributed by atoms with van der Waals surface area (Å²) in [5, 5.41) is 8.20. The van der Waals surface area contributed by atoms with Crippen LogP contribution in [0.5, 0.6) is 0 Å². The van der Waals surface area contributed by atoms with Crippen molar-refractivity contribution in [2.45, 2.75) is 25.8 Å². The average molecular weight is 482 g/mol. The highest BCUT2D eigenvalue weighted by Crippen LogP contribution is 2.28. The van der Waals surface area contributed by atoms with Crippen molar-refractivity contribution in [3.63, 3.8) is 0 Å². The molecule has 2 saturated heterocycles. The third-order valence-corrected chi connectivity index (χ3v) is 6.48. The lowest BCUT2D eigenvalue weighted by Gasteiger charge is -2.31. The van der Waals surface area contributed by atoms with Crippen molar-refractivity contribution in [1.29, 1.82) is 0 Å². The van der Waals surface area contributed by atoms with E-state index in [1.165, 1.54) is 0 Å². The number of piperidine rings is 1. The number of benzene rings is 1. The average Bonchev–Trinajstić information content (AvgIpc) is 3.25. The zero-order valence-electron chi connectivity index (χ0n) is 18.1. The van der Waals surface area contributed by atoms with Crippen LogP contribution in [0.3, 0.4) is 0 Å². The Kier molecular flexibility index (Phi) is 8.37. The maximum Gasteiger partial charge on any atom is 0.241 e. The van der Waals surface area contributed by atoms with Crippen molar-refractivity contribution in [2.24, 2.45) is 5.92 Å². The number of likely N-dealkylation sites (tertiary alicyclic amines) is 1. The number of carbonyl (C=O) groups excluding carboxylic acids is 1. The van der Waals surface area contributed by atoms with E-state index in [2.05, 4.69) is 25.3 Å². The molecule has 4 rings (SSSR count). The first kappa shape index (κ1) is 23.4. The van der Waals surface area contributed by atoms with Crippen LogP contribution in [0.4, 0.5) is 0 Å². The van der Waals surface area contributed by atoms with Crippen LogP contribution >= 0.6 is 23.2 Å². The number of aromatic nitrogens is 2. The van der Waals surface area contributed by atoms with Crippen LogP contribution in [0.1, 0.15) is 25.2 Å². The first-order valence-electron chi connectivity index (χ1n) is 11.2. The quantitative estimate of drug-likeness (QED) is 0.579. The van der Waals surface area contributed by atoms with Gasteiger partial charge in [-0.25, -0.2) is 0 Å². The molecule has 2 aromatic rings. The highest BCUT2D eigenvalue weighted by molar-refractivity contribution is 6.36. The van der Waals surface area contributed by atoms with Crippen LogP contribution < -0.4 is 5.32 Å². The summed E-state index contributed by atoms with van der Waals surface area (Å²) in [4.78, 5) is 21.7. The molecule has 32 heavy (non-hydrogen) atoms. The highest BCUT2D eigenvalue weighted by Gasteiger charge is 2.27. The Morgan fingerprint density at radius 1 is 1.19 bits per heavy atom. The molecule has 0 aliphatic carbocycles. The highest BCUT2D eigenvalue weighted by atomic mass is 35.5. The van der Waals surface area contributed by atoms with Gasteiger partial charge < -0.3 is 14.6 Å². The van der Waals surface area contributed by atoms with Gasteiger partial charge in [-0.15, -0.1) is 0 Å². The molecule has 1 aromatic heterocycles. The third-order valence-electron chi connectivity index (χ3n) is 5.93. The molecule has 10 heteroatoms. The molecule has 2 aliphatic rings. The van der Waals surface area contributed by atoms with E-state index in [9.17, 15) is 4.79 Å². The molecule has 1 aromatic carbocycles. The van der Waals surface area contributed by atoms with Gasteiger partial charge in [0.15, 0.2) is 0 Å². The Balaban J connectivity index is 1.23. The Morgan fingerprint density at radius 3 is 2.84 bits per heavy atom. The van der Waals surface area contributed by atoms with Crippen LogP contribution in [0.15, 0.2) is 22.7 Å². The van der Waals surface area contributed by atoms with E-state index in [1.807, 2.05) is 0 Å². The fourth-order valence-electron chi connectivity index (χ4n) is 4.19. The van der Waals surface area contributed by atoms with Crippen molar-refractivity contribution in [1.82, 2.24) is 25.3 Å². The number of nitrogens with one attached hydrogen (secondary N) is 1. The first-order valence-corrected chi connectivity index (χ1v) is 11.9. The van der Waals surface area contributed by atoms with Gasteiger partial charge in [0, 0.05) is 36.8 Å². The van der Waals surface area contributed by atoms with Crippen molar-refractivity contribution in [2.75, 3.05) is 52.5 Å². The second-order valence-electron chi connectivity index (χ2n) is 8.31. The predicted octanol–water partition coefficient (Wildman–Crippen LogP) is 3.09. The molecule has 1 unspecified atom stereocenters. The summed E-state index contributed by atoms with van der Waals surface area (Å²) in [7, 11) is 0. The van der Waals surface area contributed by atoms with Gasteiger partial charge in [-0.05, 0) is 50.6 Å². The topological polar surface area (TPSA) is 83.7 Å². The molecular formula is C22H29Cl2N5O3. The van der Waals surface area contributed by atoms with E-state index in [0.717, 1.165) is 58.7 Å². The van der Waals surface area contributed by atoms with E-state index in [4.69, 9.17) is 32.5 Å². The van der Waals surface area contributed by atoms with Crippen LogP contribution in [0.25, 0.3) is 11.4 Å². The van der Waals surface area contributed by atoms with Crippen LogP contribution in [-0.2, 0) is 16.1 Å². The van der Waals surface area contributed by atoms with Crippen molar-refractivity contribution >= 4 is 29.1 Å². The van der Waals surface area contributed by atoms with E-state index >= 15 is 0 Å². The number of nitrogens with zero attached hydrogens (tertiary/aromatic N) is 4. The van der Waals surface area contributed by atoms with Gasteiger partial charge in [0.25, 0.3) is 0 Å². The molecule has 2 aliphatic heterocycles. The van der Waals surface area contributed by atoms with Gasteiger partial charge in [-0.3, -0.25) is 14.6 Å². The summed E-state index contributed by atoms with van der Waals surface area (Å²) in [5.41, 5.74) is 0.680. The molecule has 1 N–H and O–H groups in total. The molecule has 3 heterocycles. The van der Waals surface area contributed by atoms with Crippen LogP contribution in [-0.4, -0.2) is 78.3 Å². The molecule has 2 fully saturated rings. The Hall–Kier alpha value is -1.71.